The maximum Gasteiger partial charge on any atom is 0.313 e. The van der Waals surface area contributed by atoms with Crippen LogP contribution < -0.4 is 16.8 Å². The minimum Gasteiger partial charge on any atom is -0.404 e. The average Bonchev–Trinajstić information content (AvgIpc) is 3.27. The predicted molar refractivity (Wildman–Crippen MR) is 141 cm³/mol. The lowest BCUT2D eigenvalue weighted by molar-refractivity contribution is -0.146. The van der Waals surface area contributed by atoms with Gasteiger partial charge in [-0.05, 0) is 55.0 Å². The second kappa shape index (κ2) is 10.2. The fourth-order valence-electron chi connectivity index (χ4n) is 4.28. The molecule has 1 aliphatic rings. The summed E-state index contributed by atoms with van der Waals surface area (Å²) in [4.78, 5) is 40.6. The molecule has 0 unspecified atom stereocenters. The molecule has 2 atom stereocenters. The predicted octanol–water partition coefficient (Wildman–Crippen LogP) is 3.52. The van der Waals surface area contributed by atoms with Crippen LogP contribution in [0.3, 0.4) is 0 Å². The van der Waals surface area contributed by atoms with E-state index < -0.39 is 11.8 Å². The van der Waals surface area contributed by atoms with Gasteiger partial charge in [0.15, 0.2) is 0 Å². The van der Waals surface area contributed by atoms with Gasteiger partial charge in [0.25, 0.3) is 0 Å². The Labute approximate surface area is 208 Å². The molecule has 0 aliphatic carbocycles. The normalized spacial score (nSPS) is 18.8. The summed E-state index contributed by atoms with van der Waals surface area (Å²) >= 11 is 1.53. The van der Waals surface area contributed by atoms with E-state index in [9.17, 15) is 9.59 Å². The van der Waals surface area contributed by atoms with Crippen molar-refractivity contribution in [1.82, 2.24) is 14.9 Å². The number of likely N-dealkylation sites (tertiary alicyclic amines) is 1. The van der Waals surface area contributed by atoms with Crippen molar-refractivity contribution < 1.29 is 9.59 Å². The molecule has 0 bridgehead atoms. The Hall–Kier alpha value is -3.79. The third-order valence-corrected chi connectivity index (χ3v) is 7.23. The summed E-state index contributed by atoms with van der Waals surface area (Å²) in [6.45, 7) is 4.39. The van der Waals surface area contributed by atoms with Gasteiger partial charge in [0.2, 0.25) is 0 Å². The lowest BCUT2D eigenvalue weighted by Gasteiger charge is -2.38. The second-order valence-electron chi connectivity index (χ2n) is 8.79. The number of thiazole rings is 1. The smallest absolute Gasteiger partial charge is 0.313 e. The van der Waals surface area contributed by atoms with E-state index >= 15 is 0 Å². The van der Waals surface area contributed by atoms with Crippen molar-refractivity contribution in [2.45, 2.75) is 32.7 Å². The summed E-state index contributed by atoms with van der Waals surface area (Å²) in [5, 5.41) is 3.45. The third kappa shape index (κ3) is 5.17. The first-order chi connectivity index (χ1) is 16.8. The molecular weight excluding hydrogens is 462 g/mol. The van der Waals surface area contributed by atoms with E-state index in [1.807, 2.05) is 18.2 Å². The summed E-state index contributed by atoms with van der Waals surface area (Å²) in [5.74, 6) is -0.578. The monoisotopic (exact) mass is 491 g/mol. The molecule has 1 aromatic carbocycles. The fraction of sp³-hybridized carbons (Fsp3) is 0.320. The van der Waals surface area contributed by atoms with Gasteiger partial charge in [-0.15, -0.1) is 11.3 Å². The van der Waals surface area contributed by atoms with Gasteiger partial charge in [-0.3, -0.25) is 14.6 Å². The van der Waals surface area contributed by atoms with Crippen molar-refractivity contribution in [2.75, 3.05) is 24.6 Å². The average molecular weight is 492 g/mol. The molecule has 3 aromatic rings. The van der Waals surface area contributed by atoms with Crippen LogP contribution in [0.4, 0.5) is 11.5 Å². The number of aromatic nitrogens is 2. The number of hydrogen-bond acceptors (Lipinski definition) is 8. The van der Waals surface area contributed by atoms with E-state index in [1.54, 1.807) is 31.2 Å². The number of rotatable bonds is 4. The van der Waals surface area contributed by atoms with Crippen molar-refractivity contribution in [1.29, 1.82) is 0 Å². The maximum atomic E-state index is 13.3. The highest BCUT2D eigenvalue weighted by molar-refractivity contribution is 7.19. The summed E-state index contributed by atoms with van der Waals surface area (Å²) in [5.41, 5.74) is 15.2. The van der Waals surface area contributed by atoms with Crippen LogP contribution in [0, 0.1) is 12.8 Å². The minimum atomic E-state index is -0.691. The maximum absolute atomic E-state index is 13.3. The standard InChI is InChI=1S/C25H29N7O2S/c1-14-4-6-20(16-5-7-21-19(9-16)31-24(35-21)17(10-26)11-28-3)32(13-14)25(34)23(33)30-18-8-15(2)22(27)29-12-18/h5,7-12,14,20H,4,6,13,26H2,1-3H3,(H2,27,29)(H,30,33)/t14-,20+/m0/s1. The first kappa shape index (κ1) is 24.3. The molecule has 3 heterocycles. The Kier molecular flexibility index (Phi) is 7.11. The zero-order valence-electron chi connectivity index (χ0n) is 20.0. The van der Waals surface area contributed by atoms with E-state index in [-0.39, 0.29) is 6.04 Å². The number of amides is 2. The lowest BCUT2D eigenvalue weighted by atomic mass is 9.89. The van der Waals surface area contributed by atoms with E-state index in [1.165, 1.54) is 23.7 Å². The van der Waals surface area contributed by atoms with Crippen LogP contribution in [-0.4, -0.2) is 46.5 Å². The van der Waals surface area contributed by atoms with Crippen LogP contribution in [0.2, 0.25) is 0 Å². The summed E-state index contributed by atoms with van der Waals surface area (Å²) in [6.07, 6.45) is 6.35. The first-order valence-electron chi connectivity index (χ1n) is 11.4. The Balaban J connectivity index is 1.60. The molecule has 0 spiro atoms. The summed E-state index contributed by atoms with van der Waals surface area (Å²) in [7, 11) is 1.69. The number of allylic oxidation sites excluding steroid dienone is 1. The SMILES string of the molecule is CN=CC(=CN)c1nc2cc([C@H]3CC[C@H](C)CN3C(=O)C(=O)Nc3cnc(N)c(C)c3)ccc2s1. The van der Waals surface area contributed by atoms with Crippen molar-refractivity contribution in [2.24, 2.45) is 16.6 Å². The molecule has 0 radical (unpaired) electrons. The number of benzene rings is 1. The molecule has 9 nitrogen and oxygen atoms in total. The van der Waals surface area contributed by atoms with Gasteiger partial charge in [-0.1, -0.05) is 13.0 Å². The van der Waals surface area contributed by atoms with Gasteiger partial charge in [0.1, 0.15) is 10.8 Å². The van der Waals surface area contributed by atoms with E-state index in [4.69, 9.17) is 16.5 Å². The number of nitrogen functional groups attached to an aromatic ring is 1. The zero-order chi connectivity index (χ0) is 25.1. The van der Waals surface area contributed by atoms with Gasteiger partial charge in [0, 0.05) is 31.6 Å². The van der Waals surface area contributed by atoms with Crippen LogP contribution in [0.25, 0.3) is 15.8 Å². The molecule has 35 heavy (non-hydrogen) atoms. The molecule has 10 heteroatoms. The first-order valence-corrected chi connectivity index (χ1v) is 12.2. The number of fused-ring (bicyclic) bond motifs is 1. The number of nitrogens with one attached hydrogen (secondary N) is 1. The van der Waals surface area contributed by atoms with Gasteiger partial charge >= 0.3 is 11.8 Å². The Bertz CT molecular complexity index is 1330. The van der Waals surface area contributed by atoms with Crippen molar-refractivity contribution >= 4 is 56.7 Å². The van der Waals surface area contributed by atoms with Crippen molar-refractivity contribution in [3.63, 3.8) is 0 Å². The van der Waals surface area contributed by atoms with Gasteiger partial charge in [-0.2, -0.15) is 0 Å². The molecular formula is C25H29N7O2S. The third-order valence-electron chi connectivity index (χ3n) is 6.14. The lowest BCUT2D eigenvalue weighted by Crippen LogP contribution is -2.46. The Morgan fingerprint density at radius 3 is 2.80 bits per heavy atom. The summed E-state index contributed by atoms with van der Waals surface area (Å²) in [6, 6.07) is 7.50. The van der Waals surface area contributed by atoms with Gasteiger partial charge in [0.05, 0.1) is 28.1 Å². The number of piperidine rings is 1. The molecule has 0 saturated carbocycles. The van der Waals surface area contributed by atoms with Crippen LogP contribution >= 0.6 is 11.3 Å². The molecule has 1 fully saturated rings. The minimum absolute atomic E-state index is 0.216. The topological polar surface area (TPSA) is 140 Å². The van der Waals surface area contributed by atoms with Crippen molar-refractivity contribution in [3.05, 3.63) is 52.8 Å². The fourth-order valence-corrected chi connectivity index (χ4v) is 5.21. The molecule has 2 aromatic heterocycles. The number of pyridine rings is 1. The van der Waals surface area contributed by atoms with Crippen LogP contribution in [0.5, 0.6) is 0 Å². The number of nitrogens with two attached hydrogens (primary N) is 2. The number of carbonyl (C=O) groups is 2. The van der Waals surface area contributed by atoms with Gasteiger partial charge < -0.3 is 21.7 Å². The Morgan fingerprint density at radius 1 is 1.29 bits per heavy atom. The summed E-state index contributed by atoms with van der Waals surface area (Å²) < 4.78 is 1.01. The second-order valence-corrected chi connectivity index (χ2v) is 9.82. The van der Waals surface area contributed by atoms with E-state index in [0.29, 0.717) is 24.0 Å². The number of aryl methyl sites for hydroxylation is 1. The number of anilines is 2. The molecule has 1 aliphatic heterocycles. The molecule has 1 saturated heterocycles. The largest absolute Gasteiger partial charge is 0.404 e. The number of aliphatic imine (C=N–C) groups is 1. The highest BCUT2D eigenvalue weighted by Crippen LogP contribution is 2.36. The quantitative estimate of drug-likeness (QED) is 0.377. The van der Waals surface area contributed by atoms with E-state index in [2.05, 4.69) is 22.2 Å². The molecule has 182 valence electrons. The number of nitrogens with zero attached hydrogens (tertiary/aromatic N) is 4. The van der Waals surface area contributed by atoms with Gasteiger partial charge in [-0.25, -0.2) is 9.97 Å². The van der Waals surface area contributed by atoms with E-state index in [0.717, 1.165) is 44.8 Å². The highest BCUT2D eigenvalue weighted by atomic mass is 32.1. The van der Waals surface area contributed by atoms with Crippen LogP contribution in [-0.2, 0) is 9.59 Å². The molecule has 2 amide bonds. The highest BCUT2D eigenvalue weighted by Gasteiger charge is 2.34. The van der Waals surface area contributed by atoms with Crippen molar-refractivity contribution in [3.8, 4) is 0 Å². The molecule has 5 N–H and O–H groups in total. The zero-order valence-corrected chi connectivity index (χ0v) is 20.8. The Morgan fingerprint density at radius 2 is 2.09 bits per heavy atom. The molecule has 4 rings (SSSR count). The van der Waals surface area contributed by atoms with Crippen LogP contribution in [0.15, 0.2) is 41.7 Å². The van der Waals surface area contributed by atoms with Crippen LogP contribution in [0.1, 0.15) is 41.9 Å². The number of hydrogen-bond donors (Lipinski definition) is 3. The number of carbonyl (C=O) groups excluding carboxylic acids is 2.